The molecule has 1 atom stereocenters. The summed E-state index contributed by atoms with van der Waals surface area (Å²) in [6.07, 6.45) is 8.79. The van der Waals surface area contributed by atoms with Crippen molar-refractivity contribution < 1.29 is 0 Å². The number of rotatable bonds is 5. The minimum absolute atomic E-state index is 0.278. The highest BCUT2D eigenvalue weighted by Gasteiger charge is 2.21. The second-order valence-corrected chi connectivity index (χ2v) is 5.58. The third kappa shape index (κ3) is 3.14. The molecule has 1 saturated carbocycles. The van der Waals surface area contributed by atoms with E-state index in [1.807, 2.05) is 0 Å². The first-order chi connectivity index (χ1) is 8.74. The van der Waals surface area contributed by atoms with Crippen LogP contribution in [0.2, 0.25) is 0 Å². The van der Waals surface area contributed by atoms with Crippen LogP contribution in [0.15, 0.2) is 6.07 Å². The fourth-order valence-electron chi connectivity index (χ4n) is 3.04. The Balaban J connectivity index is 2.00. The SMILES string of the molecule is CCc1cc(CC)n(CC(N)C2CCCCC2)n1. The number of hydrogen-bond acceptors (Lipinski definition) is 2. The van der Waals surface area contributed by atoms with Gasteiger partial charge in [-0.05, 0) is 37.7 Å². The van der Waals surface area contributed by atoms with Crippen LogP contribution in [-0.2, 0) is 19.4 Å². The molecule has 0 spiro atoms. The Morgan fingerprint density at radius 1 is 1.28 bits per heavy atom. The van der Waals surface area contributed by atoms with E-state index in [1.165, 1.54) is 43.5 Å². The van der Waals surface area contributed by atoms with Crippen molar-refractivity contribution in [1.29, 1.82) is 0 Å². The average Bonchev–Trinajstić information content (AvgIpc) is 2.82. The summed E-state index contributed by atoms with van der Waals surface area (Å²) >= 11 is 0. The first-order valence-corrected chi connectivity index (χ1v) is 7.55. The van der Waals surface area contributed by atoms with E-state index in [1.54, 1.807) is 0 Å². The van der Waals surface area contributed by atoms with E-state index in [0.717, 1.165) is 19.4 Å². The van der Waals surface area contributed by atoms with Crippen LogP contribution in [0.3, 0.4) is 0 Å². The summed E-state index contributed by atoms with van der Waals surface area (Å²) in [6, 6.07) is 2.51. The van der Waals surface area contributed by atoms with Crippen molar-refractivity contribution in [3.8, 4) is 0 Å². The lowest BCUT2D eigenvalue weighted by Crippen LogP contribution is -2.36. The molecular weight excluding hydrogens is 222 g/mol. The van der Waals surface area contributed by atoms with E-state index >= 15 is 0 Å². The molecule has 1 aliphatic rings. The van der Waals surface area contributed by atoms with Crippen LogP contribution in [0.1, 0.15) is 57.3 Å². The minimum Gasteiger partial charge on any atom is -0.326 e. The van der Waals surface area contributed by atoms with Gasteiger partial charge in [0.15, 0.2) is 0 Å². The Hall–Kier alpha value is -0.830. The zero-order valence-electron chi connectivity index (χ0n) is 11.9. The molecule has 2 rings (SSSR count). The monoisotopic (exact) mass is 249 g/mol. The highest BCUT2D eigenvalue weighted by atomic mass is 15.3. The Morgan fingerprint density at radius 2 is 2.00 bits per heavy atom. The van der Waals surface area contributed by atoms with Crippen LogP contribution >= 0.6 is 0 Å². The summed E-state index contributed by atoms with van der Waals surface area (Å²) in [5.74, 6) is 0.706. The molecule has 2 N–H and O–H groups in total. The molecule has 0 aliphatic heterocycles. The van der Waals surface area contributed by atoms with Crippen LogP contribution < -0.4 is 5.73 Å². The van der Waals surface area contributed by atoms with Crippen LogP contribution in [-0.4, -0.2) is 15.8 Å². The Kier molecular flexibility index (Phi) is 4.81. The molecule has 102 valence electrons. The largest absolute Gasteiger partial charge is 0.326 e. The van der Waals surface area contributed by atoms with E-state index in [2.05, 4.69) is 29.7 Å². The maximum atomic E-state index is 6.39. The summed E-state index contributed by atoms with van der Waals surface area (Å²) < 4.78 is 2.15. The van der Waals surface area contributed by atoms with Crippen molar-refractivity contribution in [3.63, 3.8) is 0 Å². The zero-order chi connectivity index (χ0) is 13.0. The molecule has 0 aromatic carbocycles. The number of aromatic nitrogens is 2. The third-order valence-electron chi connectivity index (χ3n) is 4.28. The lowest BCUT2D eigenvalue weighted by atomic mass is 9.84. The van der Waals surface area contributed by atoms with Gasteiger partial charge in [0.1, 0.15) is 0 Å². The molecular formula is C15H27N3. The van der Waals surface area contributed by atoms with Crippen molar-refractivity contribution in [3.05, 3.63) is 17.5 Å². The van der Waals surface area contributed by atoms with Gasteiger partial charge in [0, 0.05) is 11.7 Å². The fraction of sp³-hybridized carbons (Fsp3) is 0.800. The van der Waals surface area contributed by atoms with Crippen LogP contribution in [0.25, 0.3) is 0 Å². The van der Waals surface area contributed by atoms with Gasteiger partial charge in [0.2, 0.25) is 0 Å². The van der Waals surface area contributed by atoms with Gasteiger partial charge in [0.25, 0.3) is 0 Å². The maximum absolute atomic E-state index is 6.39. The predicted octanol–water partition coefficient (Wildman–Crippen LogP) is 2.92. The molecule has 1 unspecified atom stereocenters. The number of aryl methyl sites for hydroxylation is 2. The molecule has 0 radical (unpaired) electrons. The van der Waals surface area contributed by atoms with E-state index in [-0.39, 0.29) is 6.04 Å². The summed E-state index contributed by atoms with van der Waals surface area (Å²) in [4.78, 5) is 0. The number of nitrogens with zero attached hydrogens (tertiary/aromatic N) is 2. The predicted molar refractivity (Wildman–Crippen MR) is 75.5 cm³/mol. The molecule has 1 aromatic heterocycles. The van der Waals surface area contributed by atoms with Crippen molar-refractivity contribution in [2.75, 3.05) is 0 Å². The third-order valence-corrected chi connectivity index (χ3v) is 4.28. The Morgan fingerprint density at radius 3 is 2.61 bits per heavy atom. The second kappa shape index (κ2) is 6.37. The maximum Gasteiger partial charge on any atom is 0.0624 e. The van der Waals surface area contributed by atoms with Crippen LogP contribution in [0.5, 0.6) is 0 Å². The topological polar surface area (TPSA) is 43.8 Å². The summed E-state index contributed by atoms with van der Waals surface area (Å²) in [5, 5.41) is 4.67. The lowest BCUT2D eigenvalue weighted by Gasteiger charge is -2.27. The molecule has 1 aliphatic carbocycles. The molecule has 3 nitrogen and oxygen atoms in total. The van der Waals surface area contributed by atoms with Gasteiger partial charge in [-0.3, -0.25) is 4.68 Å². The highest BCUT2D eigenvalue weighted by molar-refractivity contribution is 5.10. The molecule has 3 heteroatoms. The Bertz CT molecular complexity index is 364. The molecule has 1 aromatic rings. The normalized spacial score (nSPS) is 19.1. The smallest absolute Gasteiger partial charge is 0.0624 e. The van der Waals surface area contributed by atoms with E-state index in [9.17, 15) is 0 Å². The molecule has 0 amide bonds. The molecule has 18 heavy (non-hydrogen) atoms. The van der Waals surface area contributed by atoms with Crippen molar-refractivity contribution in [2.45, 2.75) is 71.4 Å². The number of nitrogens with two attached hydrogens (primary N) is 1. The summed E-state index contributed by atoms with van der Waals surface area (Å²) in [6.45, 7) is 5.25. The summed E-state index contributed by atoms with van der Waals surface area (Å²) in [7, 11) is 0. The second-order valence-electron chi connectivity index (χ2n) is 5.58. The van der Waals surface area contributed by atoms with E-state index in [4.69, 9.17) is 5.73 Å². The molecule has 0 saturated heterocycles. The molecule has 0 bridgehead atoms. The zero-order valence-corrected chi connectivity index (χ0v) is 11.9. The van der Waals surface area contributed by atoms with Gasteiger partial charge in [-0.25, -0.2) is 0 Å². The molecule has 1 fully saturated rings. The van der Waals surface area contributed by atoms with E-state index < -0.39 is 0 Å². The van der Waals surface area contributed by atoms with Crippen LogP contribution in [0.4, 0.5) is 0 Å². The highest BCUT2D eigenvalue weighted by Crippen LogP contribution is 2.26. The van der Waals surface area contributed by atoms with Crippen molar-refractivity contribution in [1.82, 2.24) is 9.78 Å². The van der Waals surface area contributed by atoms with Crippen molar-refractivity contribution >= 4 is 0 Å². The van der Waals surface area contributed by atoms with Gasteiger partial charge in [0.05, 0.1) is 12.2 Å². The molecule has 1 heterocycles. The van der Waals surface area contributed by atoms with Gasteiger partial charge >= 0.3 is 0 Å². The lowest BCUT2D eigenvalue weighted by molar-refractivity contribution is 0.277. The first-order valence-electron chi connectivity index (χ1n) is 7.55. The van der Waals surface area contributed by atoms with Gasteiger partial charge in [-0.1, -0.05) is 33.1 Å². The van der Waals surface area contributed by atoms with E-state index in [0.29, 0.717) is 5.92 Å². The minimum atomic E-state index is 0.278. The van der Waals surface area contributed by atoms with Gasteiger partial charge in [-0.2, -0.15) is 5.10 Å². The quantitative estimate of drug-likeness (QED) is 0.872. The van der Waals surface area contributed by atoms with Crippen molar-refractivity contribution in [2.24, 2.45) is 11.7 Å². The van der Waals surface area contributed by atoms with Gasteiger partial charge in [-0.15, -0.1) is 0 Å². The van der Waals surface area contributed by atoms with Crippen LogP contribution in [0, 0.1) is 5.92 Å². The summed E-state index contributed by atoms with van der Waals surface area (Å²) in [5.41, 5.74) is 8.92. The first kappa shape index (κ1) is 13.6. The van der Waals surface area contributed by atoms with Gasteiger partial charge < -0.3 is 5.73 Å². The standard InChI is InChI=1S/C15H27N3/c1-3-13-10-14(4-2)18(17-13)11-15(16)12-8-6-5-7-9-12/h10,12,15H,3-9,11,16H2,1-2H3. The number of hydrogen-bond donors (Lipinski definition) is 1. The fourth-order valence-corrected chi connectivity index (χ4v) is 3.04. The Labute approximate surface area is 111 Å². The average molecular weight is 249 g/mol.